The molecule has 0 atom stereocenters. The first-order chi connectivity index (χ1) is 14.4. The van der Waals surface area contributed by atoms with Crippen LogP contribution in [-0.4, -0.2) is 37.7 Å². The lowest BCUT2D eigenvalue weighted by atomic mass is 10.0. The molecule has 3 aromatic carbocycles. The van der Waals surface area contributed by atoms with Crippen molar-refractivity contribution in [3.8, 4) is 16.9 Å². The Morgan fingerprint density at radius 1 is 0.900 bits per heavy atom. The number of aromatic hydroxyl groups is 1. The second-order valence-electron chi connectivity index (χ2n) is 6.35. The van der Waals surface area contributed by atoms with Gasteiger partial charge >= 0.3 is 0 Å². The van der Waals surface area contributed by atoms with E-state index >= 15 is 0 Å². The van der Waals surface area contributed by atoms with Gasteiger partial charge < -0.3 is 15.5 Å². The summed E-state index contributed by atoms with van der Waals surface area (Å²) in [7, 11) is -3.98. The molecule has 0 aliphatic heterocycles. The van der Waals surface area contributed by atoms with Crippen LogP contribution in [0.25, 0.3) is 11.1 Å². The number of hydrogen-bond acceptors (Lipinski definition) is 5. The summed E-state index contributed by atoms with van der Waals surface area (Å²) < 4.78 is 28.0. The fourth-order valence-corrected chi connectivity index (χ4v) is 3.59. The van der Waals surface area contributed by atoms with Gasteiger partial charge in [-0.25, -0.2) is 0 Å². The van der Waals surface area contributed by atoms with Crippen LogP contribution in [0.5, 0.6) is 5.75 Å². The van der Waals surface area contributed by atoms with Crippen LogP contribution < -0.4 is 14.8 Å². The fourth-order valence-electron chi connectivity index (χ4n) is 2.70. The van der Waals surface area contributed by atoms with Crippen molar-refractivity contribution in [2.45, 2.75) is 0 Å². The molecule has 0 bridgehead atoms. The molecule has 156 valence electrons. The molecule has 3 rings (SSSR count). The molecule has 30 heavy (non-hydrogen) atoms. The van der Waals surface area contributed by atoms with E-state index in [0.717, 1.165) is 11.1 Å². The van der Waals surface area contributed by atoms with Gasteiger partial charge in [0.15, 0.2) is 0 Å². The van der Waals surface area contributed by atoms with Crippen LogP contribution in [0.15, 0.2) is 72.8 Å². The Morgan fingerprint density at radius 3 is 2.23 bits per heavy atom. The Kier molecular flexibility index (Phi) is 6.68. The summed E-state index contributed by atoms with van der Waals surface area (Å²) >= 11 is 0. The Labute approximate surface area is 174 Å². The lowest BCUT2D eigenvalue weighted by Crippen LogP contribution is -2.32. The van der Waals surface area contributed by atoms with Gasteiger partial charge in [0.25, 0.3) is 16.1 Å². The highest BCUT2D eigenvalue weighted by molar-refractivity contribution is 7.90. The number of aliphatic hydroxyl groups excluding tert-OH is 1. The number of amides is 1. The zero-order valence-electron chi connectivity index (χ0n) is 15.9. The number of benzene rings is 3. The SMILES string of the molecule is O=C(Nc1ccc(O)c(NS(=O)(=O)NCCO)c1)c1ccc(-c2ccccc2)cc1. The van der Waals surface area contributed by atoms with E-state index in [2.05, 4.69) is 14.8 Å². The summed E-state index contributed by atoms with van der Waals surface area (Å²) in [5.74, 6) is -0.692. The molecule has 1 amide bonds. The molecule has 9 heteroatoms. The van der Waals surface area contributed by atoms with Crippen molar-refractivity contribution in [1.82, 2.24) is 4.72 Å². The maximum atomic E-state index is 12.5. The maximum Gasteiger partial charge on any atom is 0.299 e. The Morgan fingerprint density at radius 2 is 1.57 bits per heavy atom. The Hall–Kier alpha value is -3.40. The summed E-state index contributed by atoms with van der Waals surface area (Å²) in [5, 5.41) is 21.3. The number of rotatable bonds is 8. The zero-order valence-corrected chi connectivity index (χ0v) is 16.7. The highest BCUT2D eigenvalue weighted by atomic mass is 32.2. The van der Waals surface area contributed by atoms with E-state index in [1.807, 2.05) is 42.5 Å². The highest BCUT2D eigenvalue weighted by Gasteiger charge is 2.14. The molecule has 0 fully saturated rings. The number of phenolic OH excluding ortho intramolecular Hbond substituents is 1. The lowest BCUT2D eigenvalue weighted by molar-refractivity contribution is 0.102. The van der Waals surface area contributed by atoms with Crippen LogP contribution in [0.4, 0.5) is 11.4 Å². The lowest BCUT2D eigenvalue weighted by Gasteiger charge is -2.12. The number of aliphatic hydroxyl groups is 1. The van der Waals surface area contributed by atoms with Gasteiger partial charge in [0.1, 0.15) is 5.75 Å². The van der Waals surface area contributed by atoms with Crippen molar-refractivity contribution in [3.63, 3.8) is 0 Å². The number of anilines is 2. The molecule has 0 heterocycles. The first kappa shape index (κ1) is 21.3. The molecule has 3 aromatic rings. The number of nitrogens with one attached hydrogen (secondary N) is 3. The van der Waals surface area contributed by atoms with Crippen LogP contribution in [0.3, 0.4) is 0 Å². The van der Waals surface area contributed by atoms with Crippen LogP contribution >= 0.6 is 0 Å². The van der Waals surface area contributed by atoms with E-state index in [0.29, 0.717) is 11.3 Å². The summed E-state index contributed by atoms with van der Waals surface area (Å²) in [5.41, 5.74) is 2.62. The van der Waals surface area contributed by atoms with Crippen LogP contribution in [0, 0.1) is 0 Å². The van der Waals surface area contributed by atoms with Crippen molar-refractivity contribution in [2.24, 2.45) is 0 Å². The predicted octanol–water partition coefficient (Wildman–Crippen LogP) is 2.55. The molecule has 0 unspecified atom stereocenters. The minimum atomic E-state index is -3.98. The van der Waals surface area contributed by atoms with E-state index in [1.54, 1.807) is 12.1 Å². The number of phenols is 1. The molecule has 0 saturated carbocycles. The summed E-state index contributed by atoms with van der Waals surface area (Å²) in [6.45, 7) is -0.544. The highest BCUT2D eigenvalue weighted by Crippen LogP contribution is 2.28. The van der Waals surface area contributed by atoms with E-state index in [9.17, 15) is 18.3 Å². The van der Waals surface area contributed by atoms with Gasteiger partial charge in [-0.1, -0.05) is 42.5 Å². The molecule has 0 aliphatic carbocycles. The van der Waals surface area contributed by atoms with Crippen molar-refractivity contribution in [2.75, 3.05) is 23.2 Å². The molecule has 0 radical (unpaired) electrons. The quantitative estimate of drug-likeness (QED) is 0.279. The molecular weight excluding hydrogens is 406 g/mol. The third kappa shape index (κ3) is 5.57. The number of hydrogen-bond donors (Lipinski definition) is 5. The van der Waals surface area contributed by atoms with Gasteiger partial charge in [0.2, 0.25) is 0 Å². The third-order valence-corrected chi connectivity index (χ3v) is 5.23. The van der Waals surface area contributed by atoms with Crippen LogP contribution in [0.2, 0.25) is 0 Å². The normalized spacial score (nSPS) is 11.1. The summed E-state index contributed by atoms with van der Waals surface area (Å²) in [6, 6.07) is 20.8. The third-order valence-electron chi connectivity index (χ3n) is 4.16. The summed E-state index contributed by atoms with van der Waals surface area (Å²) in [4.78, 5) is 12.5. The van der Waals surface area contributed by atoms with Crippen LogP contribution in [0.1, 0.15) is 10.4 Å². The van der Waals surface area contributed by atoms with Gasteiger partial charge in [0, 0.05) is 17.8 Å². The molecule has 0 spiro atoms. The summed E-state index contributed by atoms with van der Waals surface area (Å²) in [6.07, 6.45) is 0. The number of carbonyl (C=O) groups excluding carboxylic acids is 1. The van der Waals surface area contributed by atoms with E-state index in [-0.39, 0.29) is 30.5 Å². The average molecular weight is 427 g/mol. The first-order valence-electron chi connectivity index (χ1n) is 9.06. The Bertz CT molecular complexity index is 1120. The molecule has 0 aliphatic rings. The van der Waals surface area contributed by atoms with Gasteiger partial charge in [-0.15, -0.1) is 0 Å². The molecule has 0 aromatic heterocycles. The number of carbonyl (C=O) groups is 1. The van der Waals surface area contributed by atoms with E-state index in [4.69, 9.17) is 5.11 Å². The second kappa shape index (κ2) is 9.40. The largest absolute Gasteiger partial charge is 0.506 e. The monoisotopic (exact) mass is 427 g/mol. The minimum absolute atomic E-state index is 0.113. The van der Waals surface area contributed by atoms with Crippen molar-refractivity contribution < 1.29 is 23.4 Å². The second-order valence-corrected chi connectivity index (χ2v) is 7.85. The van der Waals surface area contributed by atoms with Gasteiger partial charge in [-0.05, 0) is 41.5 Å². The fraction of sp³-hybridized carbons (Fsp3) is 0.0952. The smallest absolute Gasteiger partial charge is 0.299 e. The van der Waals surface area contributed by atoms with E-state index in [1.165, 1.54) is 18.2 Å². The average Bonchev–Trinajstić information content (AvgIpc) is 2.75. The van der Waals surface area contributed by atoms with Crippen LogP contribution in [-0.2, 0) is 10.2 Å². The molecule has 0 saturated heterocycles. The Balaban J connectivity index is 1.72. The van der Waals surface area contributed by atoms with Gasteiger partial charge in [0.05, 0.1) is 12.3 Å². The standard InChI is InChI=1S/C21H21N3O5S/c25-13-12-22-30(28,29)24-19-14-18(10-11-20(19)26)23-21(27)17-8-6-16(7-9-17)15-4-2-1-3-5-15/h1-11,14,22,24-26H,12-13H2,(H,23,27). The maximum absolute atomic E-state index is 12.5. The van der Waals surface area contributed by atoms with Gasteiger partial charge in [-0.2, -0.15) is 13.1 Å². The zero-order chi connectivity index (χ0) is 21.6. The minimum Gasteiger partial charge on any atom is -0.506 e. The van der Waals surface area contributed by atoms with Gasteiger partial charge in [-0.3, -0.25) is 9.52 Å². The molecule has 5 N–H and O–H groups in total. The van der Waals surface area contributed by atoms with Crippen molar-refractivity contribution in [3.05, 3.63) is 78.4 Å². The molecule has 8 nitrogen and oxygen atoms in total. The topological polar surface area (TPSA) is 128 Å². The first-order valence-corrected chi connectivity index (χ1v) is 10.5. The van der Waals surface area contributed by atoms with E-state index < -0.39 is 10.2 Å². The molecular formula is C21H21N3O5S. The van der Waals surface area contributed by atoms with Crippen molar-refractivity contribution >= 4 is 27.5 Å². The predicted molar refractivity (Wildman–Crippen MR) is 116 cm³/mol. The van der Waals surface area contributed by atoms with Crippen molar-refractivity contribution in [1.29, 1.82) is 0 Å².